The number of fused-ring (bicyclic) bond motifs is 2. The molecule has 0 aromatic heterocycles. The normalized spacial score (nSPS) is 27.6. The fourth-order valence-corrected chi connectivity index (χ4v) is 5.64. The van der Waals surface area contributed by atoms with E-state index in [2.05, 4.69) is 21.2 Å². The van der Waals surface area contributed by atoms with Crippen LogP contribution in [-0.4, -0.2) is 76.8 Å². The zero-order valence-corrected chi connectivity index (χ0v) is 20.2. The van der Waals surface area contributed by atoms with Gasteiger partial charge in [0, 0.05) is 50.4 Å². The van der Waals surface area contributed by atoms with Crippen LogP contribution in [0.2, 0.25) is 0 Å². The van der Waals surface area contributed by atoms with Gasteiger partial charge in [0.1, 0.15) is 11.4 Å². The summed E-state index contributed by atoms with van der Waals surface area (Å²) in [5.74, 6) is 0.927. The summed E-state index contributed by atoms with van der Waals surface area (Å²) in [4.78, 5) is 31.9. The number of ether oxygens (including phenoxy) is 2. The molecule has 1 aromatic rings. The Bertz CT molecular complexity index is 927. The molecule has 8 nitrogen and oxygen atoms in total. The number of benzene rings is 1. The van der Waals surface area contributed by atoms with Crippen LogP contribution >= 0.6 is 0 Å². The second-order valence-corrected chi connectivity index (χ2v) is 10.8. The van der Waals surface area contributed by atoms with Crippen LogP contribution in [0, 0.1) is 0 Å². The lowest BCUT2D eigenvalue weighted by molar-refractivity contribution is 0.00614. The number of amides is 2. The molecule has 180 valence electrons. The van der Waals surface area contributed by atoms with Crippen LogP contribution < -0.4 is 10.1 Å². The smallest absolute Gasteiger partial charge is 0.410 e. The Balaban J connectivity index is 1.12. The average molecular weight is 457 g/mol. The highest BCUT2D eigenvalue weighted by atomic mass is 16.6. The number of nitrogens with one attached hydrogen (secondary N) is 1. The first kappa shape index (κ1) is 22.3. The Morgan fingerprint density at radius 1 is 1.06 bits per heavy atom. The van der Waals surface area contributed by atoms with E-state index < -0.39 is 5.60 Å². The van der Waals surface area contributed by atoms with E-state index in [9.17, 15) is 9.59 Å². The van der Waals surface area contributed by atoms with E-state index in [1.165, 1.54) is 0 Å². The topological polar surface area (TPSA) is 74.4 Å². The van der Waals surface area contributed by atoms with E-state index in [1.54, 1.807) is 0 Å². The molecule has 2 fully saturated rings. The summed E-state index contributed by atoms with van der Waals surface area (Å²) >= 11 is 0. The molecule has 0 spiro atoms. The molecule has 1 saturated heterocycles. The predicted octanol–water partition coefficient (Wildman–Crippen LogP) is 3.66. The number of nitrogens with zero attached hydrogens (tertiary/aromatic N) is 3. The molecule has 1 unspecified atom stereocenters. The molecular formula is C25H36N4O4. The minimum atomic E-state index is -0.457. The number of piperazine rings is 1. The van der Waals surface area contributed by atoms with Crippen LogP contribution in [0.5, 0.6) is 5.75 Å². The van der Waals surface area contributed by atoms with Gasteiger partial charge in [0.2, 0.25) is 0 Å². The lowest BCUT2D eigenvalue weighted by Crippen LogP contribution is -2.54. The van der Waals surface area contributed by atoms with Gasteiger partial charge in [0.05, 0.1) is 5.69 Å². The quantitative estimate of drug-likeness (QED) is 0.732. The maximum Gasteiger partial charge on any atom is 0.410 e. The van der Waals surface area contributed by atoms with Crippen molar-refractivity contribution >= 4 is 17.7 Å². The third-order valence-corrected chi connectivity index (χ3v) is 7.29. The van der Waals surface area contributed by atoms with Crippen LogP contribution in [0.3, 0.4) is 0 Å². The Kier molecular flexibility index (Phi) is 5.67. The number of hydrogen-bond acceptors (Lipinski definition) is 6. The van der Waals surface area contributed by atoms with E-state index in [1.807, 2.05) is 38.7 Å². The maximum absolute atomic E-state index is 13.1. The van der Waals surface area contributed by atoms with Crippen LogP contribution in [0.1, 0.15) is 69.3 Å². The third kappa shape index (κ3) is 4.50. The third-order valence-electron chi connectivity index (χ3n) is 7.29. The molecule has 4 aliphatic rings. The highest BCUT2D eigenvalue weighted by Gasteiger charge is 2.38. The van der Waals surface area contributed by atoms with Crippen molar-refractivity contribution in [2.45, 2.75) is 83.8 Å². The van der Waals surface area contributed by atoms with Crippen molar-refractivity contribution in [3.05, 3.63) is 23.3 Å². The molecule has 1 N–H and O–H groups in total. The number of rotatable bonds is 2. The van der Waals surface area contributed by atoms with E-state index in [0.717, 1.165) is 61.3 Å². The Morgan fingerprint density at radius 3 is 2.39 bits per heavy atom. The molecule has 1 aliphatic carbocycles. The number of carbonyl (C=O) groups is 2. The van der Waals surface area contributed by atoms with Gasteiger partial charge >= 0.3 is 6.09 Å². The number of hydrogen-bond donors (Lipinski definition) is 1. The molecule has 3 aliphatic heterocycles. The van der Waals surface area contributed by atoms with Crippen molar-refractivity contribution in [3.63, 3.8) is 0 Å². The van der Waals surface area contributed by atoms with Gasteiger partial charge in [-0.3, -0.25) is 9.69 Å². The molecule has 1 aromatic carbocycles. The van der Waals surface area contributed by atoms with Crippen LogP contribution in [0.4, 0.5) is 10.5 Å². The monoisotopic (exact) mass is 456 g/mol. The van der Waals surface area contributed by atoms with Crippen molar-refractivity contribution in [1.29, 1.82) is 0 Å². The first-order chi connectivity index (χ1) is 15.7. The summed E-state index contributed by atoms with van der Waals surface area (Å²) in [5, 5.41) is 3.31. The molecule has 33 heavy (non-hydrogen) atoms. The van der Waals surface area contributed by atoms with E-state index >= 15 is 0 Å². The molecule has 0 bridgehead atoms. The SMILES string of the molecule is CC1Nc2cc3c(cc2O1)C(=O)N([C@H]1CC[C@H](N2CCN(C(=O)OC(C)(C)C)CC2)CC1)C3. The van der Waals surface area contributed by atoms with Gasteiger partial charge in [-0.2, -0.15) is 0 Å². The van der Waals surface area contributed by atoms with Gasteiger partial charge in [-0.15, -0.1) is 0 Å². The second kappa shape index (κ2) is 8.38. The average Bonchev–Trinajstić information content (AvgIpc) is 3.29. The van der Waals surface area contributed by atoms with Crippen molar-refractivity contribution in [2.24, 2.45) is 0 Å². The van der Waals surface area contributed by atoms with Crippen LogP contribution in [-0.2, 0) is 11.3 Å². The van der Waals surface area contributed by atoms with Gasteiger partial charge in [0.15, 0.2) is 6.23 Å². The number of carbonyl (C=O) groups excluding carboxylic acids is 2. The Morgan fingerprint density at radius 2 is 1.73 bits per heavy atom. The maximum atomic E-state index is 13.1. The zero-order valence-electron chi connectivity index (χ0n) is 20.2. The lowest BCUT2D eigenvalue weighted by Gasteiger charge is -2.43. The summed E-state index contributed by atoms with van der Waals surface area (Å²) < 4.78 is 11.3. The molecule has 1 atom stereocenters. The van der Waals surface area contributed by atoms with E-state index in [0.29, 0.717) is 31.7 Å². The second-order valence-electron chi connectivity index (χ2n) is 10.8. The molecule has 5 rings (SSSR count). The zero-order chi connectivity index (χ0) is 23.3. The standard InChI is InChI=1S/C25H36N4O4/c1-16-26-21-13-17-15-29(23(30)20(17)14-22(21)32-16)19-7-5-18(6-8-19)27-9-11-28(12-10-27)24(31)33-25(2,3)4/h13-14,16,18-19,26H,5-12,15H2,1-4H3/t16?,18-,19-. The van der Waals surface area contributed by atoms with Gasteiger partial charge in [-0.1, -0.05) is 0 Å². The fraction of sp³-hybridized carbons (Fsp3) is 0.680. The van der Waals surface area contributed by atoms with E-state index in [4.69, 9.17) is 9.47 Å². The Labute approximate surface area is 196 Å². The predicted molar refractivity (Wildman–Crippen MR) is 125 cm³/mol. The van der Waals surface area contributed by atoms with Crippen molar-refractivity contribution in [1.82, 2.24) is 14.7 Å². The highest BCUT2D eigenvalue weighted by Crippen LogP contribution is 2.39. The van der Waals surface area contributed by atoms with Crippen LogP contribution in [0.15, 0.2) is 12.1 Å². The molecule has 0 radical (unpaired) electrons. The minimum absolute atomic E-state index is 0.0463. The fourth-order valence-electron chi connectivity index (χ4n) is 5.64. The lowest BCUT2D eigenvalue weighted by atomic mass is 9.89. The summed E-state index contributed by atoms with van der Waals surface area (Å²) in [6, 6.07) is 4.83. The van der Waals surface area contributed by atoms with Crippen molar-refractivity contribution in [3.8, 4) is 5.75 Å². The first-order valence-corrected chi connectivity index (χ1v) is 12.3. The van der Waals surface area contributed by atoms with Crippen molar-refractivity contribution in [2.75, 3.05) is 31.5 Å². The van der Waals surface area contributed by atoms with Gasteiger partial charge in [-0.25, -0.2) is 4.79 Å². The highest BCUT2D eigenvalue weighted by molar-refractivity contribution is 6.00. The van der Waals surface area contributed by atoms with Crippen molar-refractivity contribution < 1.29 is 19.1 Å². The molecule has 3 heterocycles. The summed E-state index contributed by atoms with van der Waals surface area (Å²) in [6.07, 6.45) is 3.99. The Hall–Kier alpha value is -2.48. The summed E-state index contributed by atoms with van der Waals surface area (Å²) in [6.45, 7) is 11.6. The van der Waals surface area contributed by atoms with Gasteiger partial charge < -0.3 is 24.6 Å². The first-order valence-electron chi connectivity index (χ1n) is 12.3. The largest absolute Gasteiger partial charge is 0.469 e. The molecule has 8 heteroatoms. The molecule has 1 saturated carbocycles. The number of anilines is 1. The summed E-state index contributed by atoms with van der Waals surface area (Å²) in [5.41, 5.74) is 2.43. The minimum Gasteiger partial charge on any atom is -0.469 e. The molecule has 2 amide bonds. The van der Waals surface area contributed by atoms with E-state index in [-0.39, 0.29) is 18.2 Å². The van der Waals surface area contributed by atoms with Gasteiger partial charge in [-0.05, 0) is 71.1 Å². The molecular weight excluding hydrogens is 420 g/mol. The van der Waals surface area contributed by atoms with Gasteiger partial charge in [0.25, 0.3) is 5.91 Å². The summed E-state index contributed by atoms with van der Waals surface area (Å²) in [7, 11) is 0. The van der Waals surface area contributed by atoms with Crippen LogP contribution in [0.25, 0.3) is 0 Å².